The Bertz CT molecular complexity index is 1140. The van der Waals surface area contributed by atoms with Crippen molar-refractivity contribution in [1.29, 1.82) is 0 Å². The van der Waals surface area contributed by atoms with Gasteiger partial charge in [0, 0.05) is 19.3 Å². The van der Waals surface area contributed by atoms with Crippen molar-refractivity contribution < 1.29 is 28.6 Å². The van der Waals surface area contributed by atoms with Crippen molar-refractivity contribution in [2.75, 3.05) is 13.2 Å². The van der Waals surface area contributed by atoms with Gasteiger partial charge in [0.25, 0.3) is 0 Å². The molecule has 1 atom stereocenters. The van der Waals surface area contributed by atoms with E-state index in [-0.39, 0.29) is 31.1 Å². The molecule has 0 aliphatic heterocycles. The molecule has 0 aromatic carbocycles. The SMILES string of the molecule is CCCCC/C=C\C/C=C\CCCCCCCCCCCC(=O)OCC(COC(=O)CCCCCCCCCCCCCCC)OC(=O)CCCCCCC/C=C\C/C=C\CCCCC. The Morgan fingerprint density at radius 1 is 0.308 bits per heavy atom. The van der Waals surface area contributed by atoms with Crippen LogP contribution in [0.25, 0.3) is 0 Å². The molecule has 0 fully saturated rings. The summed E-state index contributed by atoms with van der Waals surface area (Å²) in [4.78, 5) is 38.1. The maximum atomic E-state index is 12.8. The van der Waals surface area contributed by atoms with Crippen LogP contribution in [0, 0.1) is 0 Å². The summed E-state index contributed by atoms with van der Waals surface area (Å²) in [6.45, 7) is 6.60. The second kappa shape index (κ2) is 54.0. The first-order chi connectivity index (χ1) is 32.0. The first-order valence-corrected chi connectivity index (χ1v) is 28.1. The predicted octanol–water partition coefficient (Wildman–Crippen LogP) is 18.7. The molecule has 65 heavy (non-hydrogen) atoms. The number of unbranched alkanes of at least 4 members (excludes halogenated alkanes) is 32. The highest BCUT2D eigenvalue weighted by molar-refractivity contribution is 5.71. The van der Waals surface area contributed by atoms with E-state index in [0.717, 1.165) is 89.9 Å². The van der Waals surface area contributed by atoms with Crippen molar-refractivity contribution in [3.63, 3.8) is 0 Å². The lowest BCUT2D eigenvalue weighted by atomic mass is 10.0. The zero-order chi connectivity index (χ0) is 47.2. The molecule has 0 aliphatic rings. The fourth-order valence-corrected chi connectivity index (χ4v) is 8.03. The van der Waals surface area contributed by atoms with E-state index in [2.05, 4.69) is 69.4 Å². The largest absolute Gasteiger partial charge is 0.462 e. The third kappa shape index (κ3) is 52.2. The van der Waals surface area contributed by atoms with Crippen LogP contribution in [0.1, 0.15) is 290 Å². The zero-order valence-electron chi connectivity index (χ0n) is 43.3. The first kappa shape index (κ1) is 62.4. The summed E-state index contributed by atoms with van der Waals surface area (Å²) in [6, 6.07) is 0. The van der Waals surface area contributed by atoms with Crippen molar-refractivity contribution in [3.05, 3.63) is 48.6 Å². The van der Waals surface area contributed by atoms with E-state index in [4.69, 9.17) is 14.2 Å². The minimum Gasteiger partial charge on any atom is -0.462 e. The summed E-state index contributed by atoms with van der Waals surface area (Å²) in [6.07, 6.45) is 65.2. The summed E-state index contributed by atoms with van der Waals surface area (Å²) in [5.41, 5.74) is 0. The minimum absolute atomic E-state index is 0.0774. The van der Waals surface area contributed by atoms with Crippen LogP contribution in [-0.2, 0) is 28.6 Å². The van der Waals surface area contributed by atoms with Gasteiger partial charge in [-0.3, -0.25) is 14.4 Å². The molecule has 0 N–H and O–H groups in total. The van der Waals surface area contributed by atoms with Gasteiger partial charge in [-0.2, -0.15) is 0 Å². The molecular weight excluding hydrogens is 805 g/mol. The monoisotopic (exact) mass is 911 g/mol. The number of hydrogen-bond donors (Lipinski definition) is 0. The molecule has 0 heterocycles. The molecule has 6 heteroatoms. The lowest BCUT2D eigenvalue weighted by Gasteiger charge is -2.18. The summed E-state index contributed by atoms with van der Waals surface area (Å²) in [5.74, 6) is -0.883. The second-order valence-corrected chi connectivity index (χ2v) is 18.8. The van der Waals surface area contributed by atoms with Crippen molar-refractivity contribution in [1.82, 2.24) is 0 Å². The van der Waals surface area contributed by atoms with Crippen molar-refractivity contribution in [2.45, 2.75) is 297 Å². The topological polar surface area (TPSA) is 78.9 Å². The van der Waals surface area contributed by atoms with E-state index < -0.39 is 6.10 Å². The van der Waals surface area contributed by atoms with Gasteiger partial charge in [0.2, 0.25) is 0 Å². The van der Waals surface area contributed by atoms with Crippen LogP contribution in [0.3, 0.4) is 0 Å². The molecular formula is C59H106O6. The lowest BCUT2D eigenvalue weighted by molar-refractivity contribution is -0.167. The van der Waals surface area contributed by atoms with Gasteiger partial charge in [0.15, 0.2) is 6.10 Å². The van der Waals surface area contributed by atoms with Crippen molar-refractivity contribution in [3.8, 4) is 0 Å². The second-order valence-electron chi connectivity index (χ2n) is 18.8. The van der Waals surface area contributed by atoms with Gasteiger partial charge in [-0.15, -0.1) is 0 Å². The van der Waals surface area contributed by atoms with E-state index >= 15 is 0 Å². The van der Waals surface area contributed by atoms with Crippen LogP contribution in [-0.4, -0.2) is 37.2 Å². The Balaban J connectivity index is 4.36. The van der Waals surface area contributed by atoms with Crippen molar-refractivity contribution >= 4 is 17.9 Å². The molecule has 378 valence electrons. The summed E-state index contributed by atoms with van der Waals surface area (Å²) >= 11 is 0. The number of rotatable bonds is 51. The Kier molecular flexibility index (Phi) is 51.8. The van der Waals surface area contributed by atoms with Crippen LogP contribution in [0.5, 0.6) is 0 Å². The van der Waals surface area contributed by atoms with Gasteiger partial charge in [0.1, 0.15) is 13.2 Å². The number of hydrogen-bond acceptors (Lipinski definition) is 6. The Morgan fingerprint density at radius 2 is 0.554 bits per heavy atom. The fraction of sp³-hybridized carbons (Fsp3) is 0.814. The van der Waals surface area contributed by atoms with E-state index in [0.29, 0.717) is 19.3 Å². The van der Waals surface area contributed by atoms with Gasteiger partial charge in [-0.25, -0.2) is 0 Å². The standard InChI is InChI=1S/C59H106O6/c1-4-7-10-13-16-19-22-25-27-28-29-30-32-34-37-40-43-46-49-52-58(61)64-55-56(54-63-57(60)51-48-45-42-39-36-33-24-21-18-15-12-9-6-3)65-59(62)53-50-47-44-41-38-35-31-26-23-20-17-14-11-8-5-2/h16-17,19-20,25-27,31,56H,4-15,18,21-24,28-30,32-55H2,1-3H3/b19-16-,20-17-,27-25-,31-26-. The Hall–Kier alpha value is -2.63. The highest BCUT2D eigenvalue weighted by Gasteiger charge is 2.19. The van der Waals surface area contributed by atoms with Crippen LogP contribution in [0.2, 0.25) is 0 Å². The molecule has 0 aromatic rings. The average molecular weight is 911 g/mol. The van der Waals surface area contributed by atoms with Crippen LogP contribution in [0.4, 0.5) is 0 Å². The molecule has 0 saturated heterocycles. The molecule has 0 amide bonds. The van der Waals surface area contributed by atoms with Crippen LogP contribution in [0.15, 0.2) is 48.6 Å². The van der Waals surface area contributed by atoms with Gasteiger partial charge in [-0.1, -0.05) is 236 Å². The summed E-state index contributed by atoms with van der Waals surface area (Å²) in [7, 11) is 0. The molecule has 0 radical (unpaired) electrons. The number of ether oxygens (including phenoxy) is 3. The van der Waals surface area contributed by atoms with Crippen LogP contribution >= 0.6 is 0 Å². The molecule has 0 aromatic heterocycles. The fourth-order valence-electron chi connectivity index (χ4n) is 8.03. The molecule has 1 unspecified atom stereocenters. The number of allylic oxidation sites excluding steroid dienone is 8. The predicted molar refractivity (Wildman–Crippen MR) is 279 cm³/mol. The minimum atomic E-state index is -0.779. The van der Waals surface area contributed by atoms with Gasteiger partial charge >= 0.3 is 17.9 Å². The normalized spacial score (nSPS) is 12.4. The molecule has 0 saturated carbocycles. The smallest absolute Gasteiger partial charge is 0.306 e. The number of carbonyl (C=O) groups excluding carboxylic acids is 3. The molecule has 0 bridgehead atoms. The van der Waals surface area contributed by atoms with Gasteiger partial charge in [0.05, 0.1) is 0 Å². The van der Waals surface area contributed by atoms with Crippen molar-refractivity contribution in [2.24, 2.45) is 0 Å². The van der Waals surface area contributed by atoms with E-state index in [1.165, 1.54) is 161 Å². The summed E-state index contributed by atoms with van der Waals surface area (Å²) in [5, 5.41) is 0. The maximum Gasteiger partial charge on any atom is 0.306 e. The number of esters is 3. The maximum absolute atomic E-state index is 12.8. The van der Waals surface area contributed by atoms with Crippen LogP contribution < -0.4 is 0 Å². The third-order valence-corrected chi connectivity index (χ3v) is 12.3. The Morgan fingerprint density at radius 3 is 0.877 bits per heavy atom. The molecule has 6 nitrogen and oxygen atoms in total. The molecule has 0 aliphatic carbocycles. The highest BCUT2D eigenvalue weighted by Crippen LogP contribution is 2.16. The molecule has 0 rings (SSSR count). The van der Waals surface area contributed by atoms with E-state index in [1.807, 2.05) is 0 Å². The third-order valence-electron chi connectivity index (χ3n) is 12.3. The quantitative estimate of drug-likeness (QED) is 0.0262. The first-order valence-electron chi connectivity index (χ1n) is 28.1. The highest BCUT2D eigenvalue weighted by atomic mass is 16.6. The average Bonchev–Trinajstić information content (AvgIpc) is 3.30. The zero-order valence-corrected chi connectivity index (χ0v) is 43.3. The van der Waals surface area contributed by atoms with Gasteiger partial charge in [-0.05, 0) is 83.5 Å². The number of carbonyl (C=O) groups is 3. The Labute approximate surface area is 403 Å². The lowest BCUT2D eigenvalue weighted by Crippen LogP contribution is -2.30. The van der Waals surface area contributed by atoms with E-state index in [1.54, 1.807) is 0 Å². The summed E-state index contributed by atoms with van der Waals surface area (Å²) < 4.78 is 16.8. The molecule has 0 spiro atoms. The van der Waals surface area contributed by atoms with Gasteiger partial charge < -0.3 is 14.2 Å². The van der Waals surface area contributed by atoms with E-state index in [9.17, 15) is 14.4 Å².